The quantitative estimate of drug-likeness (QED) is 0.482. The summed E-state index contributed by atoms with van der Waals surface area (Å²) in [5.41, 5.74) is 1.49. The van der Waals surface area contributed by atoms with Crippen LogP contribution < -0.4 is 15.5 Å². The standard InChI is InChI=1S/C22H26N6O4/c1-14-13-18(27-9-11-32-12-10-27)26-22(25-14)24-8-7-23-19(29)15(2)28-20(30)16-5-3-4-6-17(16)21(28)31/h3-6,13,15H,7-12H2,1-2H3,(H,23,29)(H,24,25,26). The molecule has 3 heterocycles. The fraction of sp³-hybridized carbons (Fsp3) is 0.409. The van der Waals surface area contributed by atoms with Crippen molar-refractivity contribution in [1.82, 2.24) is 20.2 Å². The summed E-state index contributed by atoms with van der Waals surface area (Å²) in [6.07, 6.45) is 0. The number of hydrogen-bond acceptors (Lipinski definition) is 8. The SMILES string of the molecule is Cc1cc(N2CCOCC2)nc(NCCNC(=O)C(C)N2C(=O)c3ccccc3C2=O)n1. The fourth-order valence-corrected chi connectivity index (χ4v) is 3.77. The van der Waals surface area contributed by atoms with Gasteiger partial charge in [-0.3, -0.25) is 19.3 Å². The van der Waals surface area contributed by atoms with E-state index < -0.39 is 23.8 Å². The van der Waals surface area contributed by atoms with Crippen molar-refractivity contribution < 1.29 is 19.1 Å². The number of benzene rings is 1. The lowest BCUT2D eigenvalue weighted by atomic mass is 10.1. The predicted molar refractivity (Wildman–Crippen MR) is 118 cm³/mol. The number of ether oxygens (including phenoxy) is 1. The molecule has 2 aliphatic heterocycles. The van der Waals surface area contributed by atoms with Crippen LogP contribution in [0.4, 0.5) is 11.8 Å². The minimum Gasteiger partial charge on any atom is -0.378 e. The zero-order valence-corrected chi connectivity index (χ0v) is 18.1. The highest BCUT2D eigenvalue weighted by molar-refractivity contribution is 6.22. The Morgan fingerprint density at radius 1 is 1.09 bits per heavy atom. The highest BCUT2D eigenvalue weighted by Gasteiger charge is 2.40. The topological polar surface area (TPSA) is 117 Å². The van der Waals surface area contributed by atoms with E-state index >= 15 is 0 Å². The molecule has 168 valence electrons. The van der Waals surface area contributed by atoms with Crippen LogP contribution in [0.25, 0.3) is 0 Å². The average Bonchev–Trinajstić information content (AvgIpc) is 3.06. The van der Waals surface area contributed by atoms with Crippen molar-refractivity contribution >= 4 is 29.5 Å². The van der Waals surface area contributed by atoms with Crippen LogP contribution in [0.1, 0.15) is 33.3 Å². The summed E-state index contributed by atoms with van der Waals surface area (Å²) in [6.45, 7) is 7.03. The fourth-order valence-electron chi connectivity index (χ4n) is 3.77. The van der Waals surface area contributed by atoms with E-state index in [9.17, 15) is 14.4 Å². The minimum atomic E-state index is -0.912. The maximum Gasteiger partial charge on any atom is 0.262 e. The van der Waals surface area contributed by atoms with Crippen LogP contribution in [-0.4, -0.2) is 78.0 Å². The molecule has 1 aromatic heterocycles. The normalized spacial score (nSPS) is 16.7. The van der Waals surface area contributed by atoms with E-state index in [-0.39, 0.29) is 6.54 Å². The summed E-state index contributed by atoms with van der Waals surface area (Å²) in [6, 6.07) is 7.60. The van der Waals surface area contributed by atoms with Gasteiger partial charge < -0.3 is 20.3 Å². The second-order valence-electron chi connectivity index (χ2n) is 7.71. The van der Waals surface area contributed by atoms with Crippen LogP contribution in [0.5, 0.6) is 0 Å². The molecule has 10 heteroatoms. The number of hydrogen-bond donors (Lipinski definition) is 2. The number of aryl methyl sites for hydroxylation is 1. The Morgan fingerprint density at radius 3 is 2.41 bits per heavy atom. The zero-order chi connectivity index (χ0) is 22.7. The van der Waals surface area contributed by atoms with Gasteiger partial charge in [-0.05, 0) is 26.0 Å². The van der Waals surface area contributed by atoms with Gasteiger partial charge in [-0.2, -0.15) is 4.98 Å². The Hall–Kier alpha value is -3.53. The molecule has 2 aromatic rings. The Kier molecular flexibility index (Phi) is 6.31. The first-order chi connectivity index (χ1) is 15.5. The molecule has 1 unspecified atom stereocenters. The maximum absolute atomic E-state index is 12.6. The number of nitrogens with one attached hydrogen (secondary N) is 2. The summed E-state index contributed by atoms with van der Waals surface area (Å²) in [5.74, 6) is 0.0200. The number of aromatic nitrogens is 2. The molecular weight excluding hydrogens is 412 g/mol. The van der Waals surface area contributed by atoms with Crippen LogP contribution in [0.15, 0.2) is 30.3 Å². The number of rotatable bonds is 7. The van der Waals surface area contributed by atoms with Crippen LogP contribution >= 0.6 is 0 Å². The Morgan fingerprint density at radius 2 is 1.75 bits per heavy atom. The third-order valence-corrected chi connectivity index (χ3v) is 5.48. The van der Waals surface area contributed by atoms with Crippen molar-refractivity contribution in [3.05, 3.63) is 47.2 Å². The van der Waals surface area contributed by atoms with Gasteiger partial charge in [0.25, 0.3) is 11.8 Å². The molecule has 1 saturated heterocycles. The first-order valence-corrected chi connectivity index (χ1v) is 10.6. The Bertz CT molecular complexity index is 1000. The molecule has 1 atom stereocenters. The van der Waals surface area contributed by atoms with Gasteiger partial charge in [0.2, 0.25) is 11.9 Å². The molecule has 10 nitrogen and oxygen atoms in total. The summed E-state index contributed by atoms with van der Waals surface area (Å²) in [4.78, 5) is 49.8. The van der Waals surface area contributed by atoms with E-state index in [1.165, 1.54) is 0 Å². The number of imide groups is 1. The smallest absolute Gasteiger partial charge is 0.262 e. The highest BCUT2D eigenvalue weighted by atomic mass is 16.5. The summed E-state index contributed by atoms with van der Waals surface area (Å²) < 4.78 is 5.38. The number of amides is 3. The number of carbonyl (C=O) groups is 3. The van der Waals surface area contributed by atoms with Gasteiger partial charge in [0, 0.05) is 37.9 Å². The second-order valence-corrected chi connectivity index (χ2v) is 7.71. The molecule has 0 saturated carbocycles. The minimum absolute atomic E-state index is 0.288. The number of nitrogens with zero attached hydrogens (tertiary/aromatic N) is 4. The van der Waals surface area contributed by atoms with Crippen molar-refractivity contribution in [2.24, 2.45) is 0 Å². The zero-order valence-electron chi connectivity index (χ0n) is 18.1. The third-order valence-electron chi connectivity index (χ3n) is 5.48. The molecule has 1 fully saturated rings. The predicted octanol–water partition coefficient (Wildman–Crippen LogP) is 0.834. The first kappa shape index (κ1) is 21.7. The molecule has 0 radical (unpaired) electrons. The molecule has 1 aromatic carbocycles. The number of fused-ring (bicyclic) bond motifs is 1. The van der Waals surface area contributed by atoms with E-state index in [2.05, 4.69) is 25.5 Å². The molecular formula is C22H26N6O4. The molecule has 2 aliphatic rings. The molecule has 0 spiro atoms. The van der Waals surface area contributed by atoms with E-state index in [0.29, 0.717) is 36.8 Å². The Labute approximate surface area is 186 Å². The van der Waals surface area contributed by atoms with Gasteiger partial charge in [-0.25, -0.2) is 4.98 Å². The van der Waals surface area contributed by atoms with Crippen molar-refractivity contribution in [2.45, 2.75) is 19.9 Å². The largest absolute Gasteiger partial charge is 0.378 e. The molecule has 3 amide bonds. The number of carbonyl (C=O) groups excluding carboxylic acids is 3. The lowest BCUT2D eigenvalue weighted by molar-refractivity contribution is -0.124. The van der Waals surface area contributed by atoms with Gasteiger partial charge >= 0.3 is 0 Å². The van der Waals surface area contributed by atoms with Crippen molar-refractivity contribution in [3.63, 3.8) is 0 Å². The van der Waals surface area contributed by atoms with Gasteiger partial charge in [-0.1, -0.05) is 12.1 Å². The van der Waals surface area contributed by atoms with Crippen LogP contribution in [0.3, 0.4) is 0 Å². The monoisotopic (exact) mass is 438 g/mol. The molecule has 4 rings (SSSR count). The van der Waals surface area contributed by atoms with E-state index in [1.807, 2.05) is 13.0 Å². The summed E-state index contributed by atoms with van der Waals surface area (Å²) in [5, 5.41) is 5.88. The maximum atomic E-state index is 12.6. The van der Waals surface area contributed by atoms with E-state index in [4.69, 9.17) is 4.74 Å². The molecule has 0 aliphatic carbocycles. The van der Waals surface area contributed by atoms with Crippen LogP contribution in [0.2, 0.25) is 0 Å². The second kappa shape index (κ2) is 9.31. The van der Waals surface area contributed by atoms with Crippen LogP contribution in [0, 0.1) is 6.92 Å². The Balaban J connectivity index is 1.30. The molecule has 2 N–H and O–H groups in total. The third kappa shape index (κ3) is 4.40. The van der Waals surface area contributed by atoms with Crippen molar-refractivity contribution in [3.8, 4) is 0 Å². The number of anilines is 2. The van der Waals surface area contributed by atoms with Crippen molar-refractivity contribution in [1.29, 1.82) is 0 Å². The van der Waals surface area contributed by atoms with E-state index in [0.717, 1.165) is 29.5 Å². The summed E-state index contributed by atoms with van der Waals surface area (Å²) in [7, 11) is 0. The van der Waals surface area contributed by atoms with Gasteiger partial charge in [0.15, 0.2) is 0 Å². The lowest BCUT2D eigenvalue weighted by Gasteiger charge is -2.28. The van der Waals surface area contributed by atoms with Crippen LogP contribution in [-0.2, 0) is 9.53 Å². The summed E-state index contributed by atoms with van der Waals surface area (Å²) >= 11 is 0. The molecule has 32 heavy (non-hydrogen) atoms. The first-order valence-electron chi connectivity index (χ1n) is 10.6. The van der Waals surface area contributed by atoms with Gasteiger partial charge in [0.05, 0.1) is 24.3 Å². The highest BCUT2D eigenvalue weighted by Crippen LogP contribution is 2.24. The van der Waals surface area contributed by atoms with Gasteiger partial charge in [0.1, 0.15) is 11.9 Å². The number of morpholine rings is 1. The van der Waals surface area contributed by atoms with Gasteiger partial charge in [-0.15, -0.1) is 0 Å². The van der Waals surface area contributed by atoms with E-state index in [1.54, 1.807) is 31.2 Å². The molecule has 0 bridgehead atoms. The lowest BCUT2D eigenvalue weighted by Crippen LogP contribution is -2.48. The average molecular weight is 438 g/mol. The van der Waals surface area contributed by atoms with Crippen molar-refractivity contribution in [2.75, 3.05) is 49.6 Å².